The van der Waals surface area contributed by atoms with Crippen molar-refractivity contribution < 1.29 is 9.59 Å². The number of benzene rings is 2. The summed E-state index contributed by atoms with van der Waals surface area (Å²) in [4.78, 5) is 25.1. The molecule has 1 heterocycles. The number of hydrogen-bond donors (Lipinski definition) is 1. The molecule has 2 aromatic carbocycles. The third kappa shape index (κ3) is 2.62. The topological polar surface area (TPSA) is 46.2 Å². The van der Waals surface area contributed by atoms with Crippen molar-refractivity contribution in [1.82, 2.24) is 5.32 Å². The number of carbonyl (C=O) groups excluding carboxylic acids is 2. The average molecular weight is 295 g/mol. The molecule has 104 valence electrons. The van der Waals surface area contributed by atoms with Gasteiger partial charge >= 0.3 is 0 Å². The first kappa shape index (κ1) is 13.6. The molecular formula is C17H13NO2S. The van der Waals surface area contributed by atoms with Crippen molar-refractivity contribution in [2.24, 2.45) is 0 Å². The minimum atomic E-state index is -0.354. The zero-order valence-electron chi connectivity index (χ0n) is 11.4. The second-order valence-electron chi connectivity index (χ2n) is 4.66. The van der Waals surface area contributed by atoms with Crippen LogP contribution in [0, 0.1) is 0 Å². The fourth-order valence-electron chi connectivity index (χ4n) is 2.29. The van der Waals surface area contributed by atoms with Crippen LogP contribution in [0.4, 0.5) is 0 Å². The first-order valence-corrected chi connectivity index (χ1v) is 7.72. The van der Waals surface area contributed by atoms with Crippen LogP contribution < -0.4 is 5.32 Å². The van der Waals surface area contributed by atoms with Crippen LogP contribution in [0.15, 0.2) is 53.4 Å². The lowest BCUT2D eigenvalue weighted by molar-refractivity contribution is -0.114. The predicted molar refractivity (Wildman–Crippen MR) is 85.0 cm³/mol. The maximum absolute atomic E-state index is 12.1. The van der Waals surface area contributed by atoms with Gasteiger partial charge in [-0.1, -0.05) is 30.3 Å². The van der Waals surface area contributed by atoms with Crippen molar-refractivity contribution in [2.75, 3.05) is 6.26 Å². The third-order valence-electron chi connectivity index (χ3n) is 3.36. The molecule has 1 N–H and O–H groups in total. The van der Waals surface area contributed by atoms with E-state index in [1.807, 2.05) is 42.7 Å². The minimum absolute atomic E-state index is 0.342. The molecule has 2 amide bonds. The van der Waals surface area contributed by atoms with Gasteiger partial charge in [0, 0.05) is 16.0 Å². The lowest BCUT2D eigenvalue weighted by Gasteiger charge is -2.18. The molecule has 0 unspecified atom stereocenters. The Morgan fingerprint density at radius 2 is 1.57 bits per heavy atom. The van der Waals surface area contributed by atoms with Gasteiger partial charge in [-0.2, -0.15) is 0 Å². The summed E-state index contributed by atoms with van der Waals surface area (Å²) in [5, 5.41) is 2.38. The van der Waals surface area contributed by atoms with Crippen molar-refractivity contribution >= 4 is 35.2 Å². The molecule has 1 aliphatic heterocycles. The second kappa shape index (κ2) is 5.58. The largest absolute Gasteiger partial charge is 0.288 e. The second-order valence-corrected chi connectivity index (χ2v) is 5.54. The average Bonchev–Trinajstić information content (AvgIpc) is 2.52. The molecular weight excluding hydrogens is 282 g/mol. The van der Waals surface area contributed by atoms with Gasteiger partial charge in [0.15, 0.2) is 0 Å². The number of nitrogens with one attached hydrogen (secondary N) is 1. The van der Waals surface area contributed by atoms with Crippen LogP contribution in [0.5, 0.6) is 0 Å². The highest BCUT2D eigenvalue weighted by molar-refractivity contribution is 7.98. The fourth-order valence-corrected chi connectivity index (χ4v) is 2.69. The summed E-state index contributed by atoms with van der Waals surface area (Å²) < 4.78 is 0. The number of carbonyl (C=O) groups is 2. The van der Waals surface area contributed by atoms with E-state index < -0.39 is 0 Å². The van der Waals surface area contributed by atoms with Crippen LogP contribution in [0.1, 0.15) is 21.5 Å². The van der Waals surface area contributed by atoms with Crippen molar-refractivity contribution in [2.45, 2.75) is 4.90 Å². The first-order valence-electron chi connectivity index (χ1n) is 6.50. The van der Waals surface area contributed by atoms with Crippen molar-refractivity contribution in [1.29, 1.82) is 0 Å². The Kier molecular flexibility index (Phi) is 3.62. The fraction of sp³-hybridized carbons (Fsp3) is 0.0588. The molecule has 0 aromatic heterocycles. The van der Waals surface area contributed by atoms with Crippen molar-refractivity contribution in [3.8, 4) is 0 Å². The Balaban J connectivity index is 2.07. The molecule has 3 nitrogen and oxygen atoms in total. The number of imide groups is 1. The van der Waals surface area contributed by atoms with E-state index in [1.165, 1.54) is 4.90 Å². The van der Waals surface area contributed by atoms with Gasteiger partial charge in [-0.05, 0) is 41.7 Å². The number of amides is 2. The molecule has 0 bridgehead atoms. The highest BCUT2D eigenvalue weighted by atomic mass is 32.2. The van der Waals surface area contributed by atoms with E-state index in [1.54, 1.807) is 30.0 Å². The molecule has 3 rings (SSSR count). The van der Waals surface area contributed by atoms with Gasteiger partial charge in [-0.25, -0.2) is 0 Å². The number of hydrogen-bond acceptors (Lipinski definition) is 3. The van der Waals surface area contributed by atoms with E-state index in [-0.39, 0.29) is 11.8 Å². The van der Waals surface area contributed by atoms with Gasteiger partial charge in [0.1, 0.15) is 0 Å². The standard InChI is InChI=1S/C17H13NO2S/c1-21-12-8-6-11(7-9-12)10-15-13-4-2-3-5-14(13)16(19)18-17(15)20/h2-10H,1H3,(H,18,19,20)/b15-10-. The number of rotatable bonds is 2. The number of thioether (sulfide) groups is 1. The van der Waals surface area contributed by atoms with E-state index in [4.69, 9.17) is 0 Å². The molecule has 4 heteroatoms. The summed E-state index contributed by atoms with van der Waals surface area (Å²) in [6, 6.07) is 15.1. The highest BCUT2D eigenvalue weighted by Crippen LogP contribution is 2.26. The Morgan fingerprint density at radius 3 is 2.24 bits per heavy atom. The quantitative estimate of drug-likeness (QED) is 0.525. The zero-order chi connectivity index (χ0) is 14.8. The number of fused-ring (bicyclic) bond motifs is 1. The molecule has 21 heavy (non-hydrogen) atoms. The summed E-state index contributed by atoms with van der Waals surface area (Å²) in [6.07, 6.45) is 3.83. The summed E-state index contributed by atoms with van der Waals surface area (Å²) in [5.74, 6) is -0.696. The third-order valence-corrected chi connectivity index (χ3v) is 4.10. The molecule has 2 aromatic rings. The van der Waals surface area contributed by atoms with Gasteiger partial charge in [0.25, 0.3) is 11.8 Å². The van der Waals surface area contributed by atoms with Crippen LogP contribution in [0.2, 0.25) is 0 Å². The minimum Gasteiger partial charge on any atom is -0.288 e. The molecule has 0 spiro atoms. The van der Waals surface area contributed by atoms with Crippen LogP contribution >= 0.6 is 11.8 Å². The van der Waals surface area contributed by atoms with Gasteiger partial charge in [-0.3, -0.25) is 14.9 Å². The van der Waals surface area contributed by atoms with Crippen molar-refractivity contribution in [3.63, 3.8) is 0 Å². The maximum Gasteiger partial charge on any atom is 0.258 e. The zero-order valence-corrected chi connectivity index (χ0v) is 12.2. The van der Waals surface area contributed by atoms with E-state index in [9.17, 15) is 9.59 Å². The van der Waals surface area contributed by atoms with Crippen LogP contribution in [-0.2, 0) is 4.79 Å². The normalized spacial score (nSPS) is 15.8. The van der Waals surface area contributed by atoms with E-state index in [0.717, 1.165) is 5.56 Å². The highest BCUT2D eigenvalue weighted by Gasteiger charge is 2.26. The van der Waals surface area contributed by atoms with E-state index >= 15 is 0 Å². The van der Waals surface area contributed by atoms with Crippen LogP contribution in [0.25, 0.3) is 11.6 Å². The first-order chi connectivity index (χ1) is 10.2. The predicted octanol–water partition coefficient (Wildman–Crippen LogP) is 3.22. The monoisotopic (exact) mass is 295 g/mol. The van der Waals surface area contributed by atoms with E-state index in [0.29, 0.717) is 16.7 Å². The summed E-state index contributed by atoms with van der Waals surface area (Å²) in [6.45, 7) is 0. The molecule has 1 aliphatic rings. The molecule has 0 atom stereocenters. The molecule has 0 saturated heterocycles. The van der Waals surface area contributed by atoms with Gasteiger partial charge in [0.2, 0.25) is 0 Å². The molecule has 0 radical (unpaired) electrons. The van der Waals surface area contributed by atoms with Gasteiger partial charge in [-0.15, -0.1) is 11.8 Å². The van der Waals surface area contributed by atoms with Gasteiger partial charge in [0.05, 0.1) is 0 Å². The Labute approximate surface area is 127 Å². The summed E-state index contributed by atoms with van der Waals surface area (Å²) in [5.41, 5.74) is 2.66. The van der Waals surface area contributed by atoms with Crippen LogP contribution in [-0.4, -0.2) is 18.1 Å². The van der Waals surface area contributed by atoms with E-state index in [2.05, 4.69) is 5.32 Å². The summed E-state index contributed by atoms with van der Waals surface area (Å²) >= 11 is 1.67. The Bertz CT molecular complexity index is 748. The smallest absolute Gasteiger partial charge is 0.258 e. The van der Waals surface area contributed by atoms with Gasteiger partial charge < -0.3 is 0 Å². The van der Waals surface area contributed by atoms with Crippen molar-refractivity contribution in [3.05, 3.63) is 65.2 Å². The SMILES string of the molecule is CSc1ccc(/C=C2\C(=O)NC(=O)c3ccccc32)cc1. The maximum atomic E-state index is 12.1. The summed E-state index contributed by atoms with van der Waals surface area (Å²) in [7, 11) is 0. The molecule has 0 aliphatic carbocycles. The van der Waals surface area contributed by atoms with Crippen LogP contribution in [0.3, 0.4) is 0 Å². The Hall–Kier alpha value is -2.33. The molecule has 0 fully saturated rings. The Morgan fingerprint density at radius 1 is 0.905 bits per heavy atom. The lowest BCUT2D eigenvalue weighted by atomic mass is 9.93. The molecule has 0 saturated carbocycles. The lowest BCUT2D eigenvalue weighted by Crippen LogP contribution is -2.36.